The number of rotatable bonds is 7. The first-order valence-corrected chi connectivity index (χ1v) is 11.6. The lowest BCUT2D eigenvalue weighted by atomic mass is 10.1. The van der Waals surface area contributed by atoms with Crippen LogP contribution in [-0.2, 0) is 20.9 Å². The molecule has 2 fully saturated rings. The zero-order valence-corrected chi connectivity index (χ0v) is 19.1. The molecule has 2 heterocycles. The highest BCUT2D eigenvalue weighted by molar-refractivity contribution is 5.97. The van der Waals surface area contributed by atoms with E-state index in [9.17, 15) is 18.8 Å². The summed E-state index contributed by atoms with van der Waals surface area (Å²) in [5, 5.41) is 5.41. The second-order valence-electron chi connectivity index (χ2n) is 8.69. The highest BCUT2D eigenvalue weighted by atomic mass is 19.1. The van der Waals surface area contributed by atoms with Gasteiger partial charge in [0.05, 0.1) is 13.0 Å². The molecule has 0 bridgehead atoms. The molecular formula is C25H30FN5O3. The van der Waals surface area contributed by atoms with Crippen LogP contribution in [0, 0.1) is 5.82 Å². The van der Waals surface area contributed by atoms with Crippen molar-refractivity contribution in [1.29, 1.82) is 0 Å². The summed E-state index contributed by atoms with van der Waals surface area (Å²) in [4.78, 5) is 44.1. The first-order valence-electron chi connectivity index (χ1n) is 11.6. The number of carbonyl (C=O) groups is 3. The van der Waals surface area contributed by atoms with E-state index in [0.29, 0.717) is 18.8 Å². The lowest BCUT2D eigenvalue weighted by molar-refractivity contribution is -0.145. The molecule has 0 aromatic heterocycles. The van der Waals surface area contributed by atoms with Crippen molar-refractivity contribution in [2.45, 2.75) is 19.0 Å². The van der Waals surface area contributed by atoms with Crippen LogP contribution < -0.4 is 10.6 Å². The maximum atomic E-state index is 13.1. The topological polar surface area (TPSA) is 85.0 Å². The van der Waals surface area contributed by atoms with Gasteiger partial charge in [-0.1, -0.05) is 30.3 Å². The van der Waals surface area contributed by atoms with Gasteiger partial charge in [0.2, 0.25) is 17.7 Å². The molecule has 2 aliphatic rings. The summed E-state index contributed by atoms with van der Waals surface area (Å²) < 4.78 is 13.1. The third-order valence-electron chi connectivity index (χ3n) is 6.23. The smallest absolute Gasteiger partial charge is 0.243 e. The molecule has 9 heteroatoms. The van der Waals surface area contributed by atoms with Gasteiger partial charge < -0.3 is 15.5 Å². The zero-order chi connectivity index (χ0) is 23.9. The van der Waals surface area contributed by atoms with Gasteiger partial charge in [0, 0.05) is 51.5 Å². The van der Waals surface area contributed by atoms with E-state index in [4.69, 9.17) is 0 Å². The number of anilines is 1. The van der Waals surface area contributed by atoms with Crippen LogP contribution in [0.1, 0.15) is 12.0 Å². The lowest BCUT2D eigenvalue weighted by Crippen LogP contribution is -2.60. The fourth-order valence-corrected chi connectivity index (χ4v) is 4.37. The molecule has 0 radical (unpaired) electrons. The standard InChI is InChI=1S/C25H30FN5O3/c26-20-6-8-21(9-7-20)28-23(32)16-22-25(34)27-10-11-31(22)24(33)18-30-14-12-29(13-15-30)17-19-4-2-1-3-5-19/h1-9,22H,10-18H2,(H,27,34)(H,28,32). The van der Waals surface area contributed by atoms with Crippen LogP contribution in [0.4, 0.5) is 10.1 Å². The largest absolute Gasteiger partial charge is 0.353 e. The molecule has 0 spiro atoms. The fourth-order valence-electron chi connectivity index (χ4n) is 4.37. The highest BCUT2D eigenvalue weighted by Gasteiger charge is 2.35. The van der Waals surface area contributed by atoms with Gasteiger partial charge in [0.1, 0.15) is 11.9 Å². The van der Waals surface area contributed by atoms with Gasteiger partial charge in [-0.05, 0) is 29.8 Å². The van der Waals surface area contributed by atoms with Crippen molar-refractivity contribution >= 4 is 23.4 Å². The number of nitrogens with zero attached hydrogens (tertiary/aromatic N) is 3. The Morgan fingerprint density at radius 3 is 2.32 bits per heavy atom. The molecule has 2 aromatic carbocycles. The van der Waals surface area contributed by atoms with Gasteiger partial charge in [-0.3, -0.25) is 24.2 Å². The summed E-state index contributed by atoms with van der Waals surface area (Å²) in [5.41, 5.74) is 1.71. The molecule has 0 aliphatic carbocycles. The minimum Gasteiger partial charge on any atom is -0.353 e. The molecule has 0 saturated carbocycles. The summed E-state index contributed by atoms with van der Waals surface area (Å²) in [7, 11) is 0. The van der Waals surface area contributed by atoms with Crippen molar-refractivity contribution < 1.29 is 18.8 Å². The van der Waals surface area contributed by atoms with Crippen molar-refractivity contribution in [2.75, 3.05) is 51.1 Å². The van der Waals surface area contributed by atoms with Gasteiger partial charge in [-0.25, -0.2) is 4.39 Å². The van der Waals surface area contributed by atoms with Crippen LogP contribution in [-0.4, -0.2) is 84.3 Å². The average Bonchev–Trinajstić information content (AvgIpc) is 2.84. The SMILES string of the molecule is O=C(CC1C(=O)NCCN1C(=O)CN1CCN(Cc2ccccc2)CC1)Nc1ccc(F)cc1. The van der Waals surface area contributed by atoms with Crippen LogP contribution in [0.25, 0.3) is 0 Å². The Bertz CT molecular complexity index is 993. The quantitative estimate of drug-likeness (QED) is 0.641. The first kappa shape index (κ1) is 23.8. The molecule has 2 N–H and O–H groups in total. The molecule has 1 unspecified atom stereocenters. The maximum absolute atomic E-state index is 13.1. The molecule has 2 aromatic rings. The predicted octanol–water partition coefficient (Wildman–Crippen LogP) is 1.30. The van der Waals surface area contributed by atoms with E-state index in [-0.39, 0.29) is 24.8 Å². The second-order valence-corrected chi connectivity index (χ2v) is 8.69. The van der Waals surface area contributed by atoms with E-state index in [1.165, 1.54) is 34.7 Å². The maximum Gasteiger partial charge on any atom is 0.243 e. The van der Waals surface area contributed by atoms with Gasteiger partial charge in [-0.15, -0.1) is 0 Å². The van der Waals surface area contributed by atoms with Crippen LogP contribution in [0.3, 0.4) is 0 Å². The number of carbonyl (C=O) groups excluding carboxylic acids is 3. The van der Waals surface area contributed by atoms with Crippen molar-refractivity contribution in [3.05, 3.63) is 66.0 Å². The predicted molar refractivity (Wildman–Crippen MR) is 126 cm³/mol. The summed E-state index contributed by atoms with van der Waals surface area (Å²) in [6.45, 7) is 5.13. The molecule has 34 heavy (non-hydrogen) atoms. The van der Waals surface area contributed by atoms with E-state index in [0.717, 1.165) is 32.7 Å². The molecule has 1 atom stereocenters. The monoisotopic (exact) mass is 467 g/mol. The first-order chi connectivity index (χ1) is 16.5. The number of hydrogen-bond donors (Lipinski definition) is 2. The fraction of sp³-hybridized carbons (Fsp3) is 0.400. The van der Waals surface area contributed by atoms with E-state index >= 15 is 0 Å². The molecule has 2 aliphatic heterocycles. The van der Waals surface area contributed by atoms with E-state index in [1.807, 2.05) is 18.2 Å². The Labute approximate surface area is 198 Å². The number of hydrogen-bond acceptors (Lipinski definition) is 5. The van der Waals surface area contributed by atoms with Crippen LogP contribution in [0.5, 0.6) is 0 Å². The summed E-state index contributed by atoms with van der Waals surface area (Å²) >= 11 is 0. The number of piperazine rings is 2. The molecule has 4 rings (SSSR count). The number of nitrogens with one attached hydrogen (secondary N) is 2. The number of benzene rings is 2. The van der Waals surface area contributed by atoms with Crippen LogP contribution in [0.2, 0.25) is 0 Å². The molecule has 180 valence electrons. The second kappa shape index (κ2) is 11.2. The normalized spacial score (nSPS) is 19.5. The Hall–Kier alpha value is -3.30. The van der Waals surface area contributed by atoms with E-state index in [1.54, 1.807) is 0 Å². The minimum absolute atomic E-state index is 0.147. The Balaban J connectivity index is 1.29. The van der Waals surface area contributed by atoms with E-state index in [2.05, 4.69) is 32.6 Å². The van der Waals surface area contributed by atoms with Gasteiger partial charge in [0.15, 0.2) is 0 Å². The summed E-state index contributed by atoms with van der Waals surface area (Å²) in [5.74, 6) is -1.28. The summed E-state index contributed by atoms with van der Waals surface area (Å²) in [6, 6.07) is 14.9. The van der Waals surface area contributed by atoms with Crippen molar-refractivity contribution in [3.63, 3.8) is 0 Å². The average molecular weight is 468 g/mol. The molecule has 8 nitrogen and oxygen atoms in total. The highest BCUT2D eigenvalue weighted by Crippen LogP contribution is 2.15. The van der Waals surface area contributed by atoms with Crippen molar-refractivity contribution in [3.8, 4) is 0 Å². The van der Waals surface area contributed by atoms with Gasteiger partial charge in [-0.2, -0.15) is 0 Å². The zero-order valence-electron chi connectivity index (χ0n) is 19.1. The lowest BCUT2D eigenvalue weighted by Gasteiger charge is -2.38. The third-order valence-corrected chi connectivity index (χ3v) is 6.23. The molecule has 2 saturated heterocycles. The Kier molecular flexibility index (Phi) is 7.87. The van der Waals surface area contributed by atoms with Gasteiger partial charge >= 0.3 is 0 Å². The number of amides is 3. The number of halogens is 1. The molecular weight excluding hydrogens is 437 g/mol. The van der Waals surface area contributed by atoms with Crippen molar-refractivity contribution in [2.24, 2.45) is 0 Å². The Morgan fingerprint density at radius 2 is 1.62 bits per heavy atom. The van der Waals surface area contributed by atoms with Crippen LogP contribution >= 0.6 is 0 Å². The van der Waals surface area contributed by atoms with Crippen molar-refractivity contribution in [1.82, 2.24) is 20.0 Å². The third kappa shape index (κ3) is 6.39. The minimum atomic E-state index is -0.860. The van der Waals surface area contributed by atoms with Crippen LogP contribution in [0.15, 0.2) is 54.6 Å². The van der Waals surface area contributed by atoms with Gasteiger partial charge in [0.25, 0.3) is 0 Å². The summed E-state index contributed by atoms with van der Waals surface area (Å²) in [6.07, 6.45) is -0.153. The Morgan fingerprint density at radius 1 is 0.941 bits per heavy atom. The molecule has 3 amide bonds. The van der Waals surface area contributed by atoms with E-state index < -0.39 is 17.8 Å².